The van der Waals surface area contributed by atoms with Crippen molar-refractivity contribution in [3.05, 3.63) is 29.3 Å². The molecule has 0 bridgehead atoms. The quantitative estimate of drug-likeness (QED) is 0.808. The lowest BCUT2D eigenvalue weighted by molar-refractivity contribution is -0.167. The van der Waals surface area contributed by atoms with Crippen molar-refractivity contribution in [1.82, 2.24) is 0 Å². The van der Waals surface area contributed by atoms with Crippen molar-refractivity contribution < 1.29 is 36.6 Å². The molecule has 98 valence electrons. The molecule has 4 nitrogen and oxygen atoms in total. The number of carbonyl (C=O) groups excluding carboxylic acids is 1. The van der Waals surface area contributed by atoms with E-state index in [9.17, 15) is 31.5 Å². The lowest BCUT2D eigenvalue weighted by Gasteiger charge is -2.10. The third kappa shape index (κ3) is 2.73. The maximum absolute atomic E-state index is 13.3. The van der Waals surface area contributed by atoms with Gasteiger partial charge in [0.05, 0.1) is 5.56 Å². The second kappa shape index (κ2) is 4.59. The Bertz CT molecular complexity index is 512. The van der Waals surface area contributed by atoms with Crippen molar-refractivity contribution in [1.29, 1.82) is 0 Å². The molecule has 0 aliphatic carbocycles. The molecular formula is C9H4F5NO3. The molecule has 1 amide bonds. The smallest absolute Gasteiger partial charge is 0.471 e. The minimum Gasteiger partial charge on any atom is -0.478 e. The number of benzene rings is 1. The second-order valence-corrected chi connectivity index (χ2v) is 3.04. The summed E-state index contributed by atoms with van der Waals surface area (Å²) >= 11 is 0. The maximum atomic E-state index is 13.3. The summed E-state index contributed by atoms with van der Waals surface area (Å²) in [5, 5.41) is 9.41. The van der Waals surface area contributed by atoms with Gasteiger partial charge in [0.2, 0.25) is 0 Å². The Morgan fingerprint density at radius 1 is 1.17 bits per heavy atom. The van der Waals surface area contributed by atoms with Gasteiger partial charge >= 0.3 is 18.1 Å². The van der Waals surface area contributed by atoms with Crippen molar-refractivity contribution in [3.63, 3.8) is 0 Å². The highest BCUT2D eigenvalue weighted by Gasteiger charge is 2.39. The fraction of sp³-hybridized carbons (Fsp3) is 0.111. The lowest BCUT2D eigenvalue weighted by atomic mass is 10.1. The number of alkyl halides is 3. The number of nitrogens with one attached hydrogen (secondary N) is 1. The molecule has 0 fully saturated rings. The molecule has 0 aromatic heterocycles. The number of aromatic carboxylic acids is 1. The monoisotopic (exact) mass is 269 g/mol. The highest BCUT2D eigenvalue weighted by Crippen LogP contribution is 2.25. The third-order valence-electron chi connectivity index (χ3n) is 1.82. The molecule has 0 saturated heterocycles. The van der Waals surface area contributed by atoms with Gasteiger partial charge in [0, 0.05) is 0 Å². The Kier molecular flexibility index (Phi) is 3.54. The average molecular weight is 269 g/mol. The zero-order chi connectivity index (χ0) is 14.1. The van der Waals surface area contributed by atoms with Crippen LogP contribution in [0.1, 0.15) is 10.4 Å². The number of carboxylic acids is 1. The summed E-state index contributed by atoms with van der Waals surface area (Å²) in [5.74, 6) is -7.73. The first-order chi connectivity index (χ1) is 8.14. The van der Waals surface area contributed by atoms with Crippen LogP contribution in [0.5, 0.6) is 0 Å². The molecule has 0 heterocycles. The number of amides is 1. The summed E-state index contributed by atoms with van der Waals surface area (Å²) in [6.45, 7) is 0. The number of carboxylic acid groups (broad SMARTS) is 1. The van der Waals surface area contributed by atoms with Crippen molar-refractivity contribution in [3.8, 4) is 0 Å². The molecule has 18 heavy (non-hydrogen) atoms. The van der Waals surface area contributed by atoms with E-state index in [1.807, 2.05) is 0 Å². The van der Waals surface area contributed by atoms with Crippen LogP contribution >= 0.6 is 0 Å². The fourth-order valence-corrected chi connectivity index (χ4v) is 1.02. The summed E-state index contributed by atoms with van der Waals surface area (Å²) in [4.78, 5) is 21.0. The van der Waals surface area contributed by atoms with E-state index in [4.69, 9.17) is 5.11 Å². The summed E-state index contributed by atoms with van der Waals surface area (Å²) < 4.78 is 62.0. The normalized spacial score (nSPS) is 11.2. The summed E-state index contributed by atoms with van der Waals surface area (Å²) in [7, 11) is 0. The van der Waals surface area contributed by atoms with E-state index < -0.39 is 40.9 Å². The van der Waals surface area contributed by atoms with Gasteiger partial charge in [-0.2, -0.15) is 13.2 Å². The molecule has 0 unspecified atom stereocenters. The SMILES string of the molecule is O=C(O)c1ccc(F)c(NC(=O)C(F)(F)F)c1F. The summed E-state index contributed by atoms with van der Waals surface area (Å²) in [6, 6.07) is 0.953. The van der Waals surface area contributed by atoms with Gasteiger partial charge in [-0.3, -0.25) is 4.79 Å². The van der Waals surface area contributed by atoms with E-state index in [0.717, 1.165) is 5.32 Å². The Labute approximate surface area is 96.0 Å². The average Bonchev–Trinajstić information content (AvgIpc) is 2.21. The number of hydrogen-bond donors (Lipinski definition) is 2. The van der Waals surface area contributed by atoms with Gasteiger partial charge in [0.1, 0.15) is 11.5 Å². The van der Waals surface area contributed by atoms with Crippen LogP contribution in [-0.4, -0.2) is 23.2 Å². The Balaban J connectivity index is 3.21. The number of rotatable bonds is 2. The molecule has 1 rings (SSSR count). The van der Waals surface area contributed by atoms with E-state index in [1.54, 1.807) is 0 Å². The second-order valence-electron chi connectivity index (χ2n) is 3.04. The Morgan fingerprint density at radius 3 is 2.17 bits per heavy atom. The van der Waals surface area contributed by atoms with Crippen LogP contribution in [0.2, 0.25) is 0 Å². The van der Waals surface area contributed by atoms with Crippen LogP contribution in [0.3, 0.4) is 0 Å². The van der Waals surface area contributed by atoms with Gasteiger partial charge in [-0.05, 0) is 12.1 Å². The Hall–Kier alpha value is -2.19. The van der Waals surface area contributed by atoms with Crippen molar-refractivity contribution in [2.45, 2.75) is 6.18 Å². The van der Waals surface area contributed by atoms with E-state index in [-0.39, 0.29) is 0 Å². The molecule has 0 radical (unpaired) electrons. The molecular weight excluding hydrogens is 265 g/mol. The molecule has 0 spiro atoms. The minimum absolute atomic E-state index is 0.429. The zero-order valence-electron chi connectivity index (χ0n) is 8.31. The van der Waals surface area contributed by atoms with Gasteiger partial charge in [0.25, 0.3) is 0 Å². The number of carbonyl (C=O) groups is 2. The number of anilines is 1. The molecule has 1 aromatic rings. The fourth-order valence-electron chi connectivity index (χ4n) is 1.02. The largest absolute Gasteiger partial charge is 0.478 e. The summed E-state index contributed by atoms with van der Waals surface area (Å²) in [6.07, 6.45) is -5.35. The molecule has 0 saturated carbocycles. The summed E-state index contributed by atoms with van der Waals surface area (Å²) in [5.41, 5.74) is -2.52. The van der Waals surface area contributed by atoms with Gasteiger partial charge in [-0.25, -0.2) is 13.6 Å². The molecule has 2 N–H and O–H groups in total. The van der Waals surface area contributed by atoms with Crippen LogP contribution < -0.4 is 5.32 Å². The van der Waals surface area contributed by atoms with Crippen LogP contribution in [0.4, 0.5) is 27.6 Å². The van der Waals surface area contributed by atoms with Crippen LogP contribution in [0, 0.1) is 11.6 Å². The highest BCUT2D eigenvalue weighted by atomic mass is 19.4. The van der Waals surface area contributed by atoms with Crippen LogP contribution in [0.25, 0.3) is 0 Å². The Morgan fingerprint density at radius 2 is 1.72 bits per heavy atom. The minimum atomic E-state index is -5.35. The topological polar surface area (TPSA) is 66.4 Å². The predicted octanol–water partition coefficient (Wildman–Crippen LogP) is 2.16. The predicted molar refractivity (Wildman–Crippen MR) is 48.0 cm³/mol. The van der Waals surface area contributed by atoms with Crippen molar-refractivity contribution >= 4 is 17.6 Å². The van der Waals surface area contributed by atoms with E-state index in [0.29, 0.717) is 12.1 Å². The van der Waals surface area contributed by atoms with Crippen LogP contribution in [-0.2, 0) is 4.79 Å². The van der Waals surface area contributed by atoms with Crippen LogP contribution in [0.15, 0.2) is 12.1 Å². The zero-order valence-corrected chi connectivity index (χ0v) is 8.31. The maximum Gasteiger partial charge on any atom is 0.471 e. The first-order valence-electron chi connectivity index (χ1n) is 4.24. The van der Waals surface area contributed by atoms with Gasteiger partial charge in [-0.1, -0.05) is 0 Å². The van der Waals surface area contributed by atoms with Gasteiger partial charge in [-0.15, -0.1) is 0 Å². The standard InChI is InChI=1S/C9H4F5NO3/c10-4-2-1-3(7(16)17)5(11)6(4)15-8(18)9(12,13)14/h1-2H,(H,15,18)(H,16,17). The van der Waals surface area contributed by atoms with Crippen molar-refractivity contribution in [2.75, 3.05) is 5.32 Å². The lowest BCUT2D eigenvalue weighted by Crippen LogP contribution is -2.31. The van der Waals surface area contributed by atoms with Gasteiger partial charge in [0.15, 0.2) is 5.82 Å². The highest BCUT2D eigenvalue weighted by molar-refractivity contribution is 5.97. The number of hydrogen-bond acceptors (Lipinski definition) is 2. The number of halogens is 5. The molecule has 1 aromatic carbocycles. The third-order valence-corrected chi connectivity index (χ3v) is 1.82. The molecule has 0 atom stereocenters. The van der Waals surface area contributed by atoms with E-state index >= 15 is 0 Å². The first-order valence-corrected chi connectivity index (χ1v) is 4.24. The molecule has 9 heteroatoms. The van der Waals surface area contributed by atoms with Crippen molar-refractivity contribution in [2.24, 2.45) is 0 Å². The molecule has 0 aliphatic heterocycles. The van der Waals surface area contributed by atoms with Gasteiger partial charge < -0.3 is 10.4 Å². The van der Waals surface area contributed by atoms with E-state index in [1.165, 1.54) is 0 Å². The molecule has 0 aliphatic rings. The first kappa shape index (κ1) is 13.9. The van der Waals surface area contributed by atoms with E-state index in [2.05, 4.69) is 0 Å².